The Hall–Kier alpha value is -0.803. The summed E-state index contributed by atoms with van der Waals surface area (Å²) < 4.78 is 6.42. The zero-order chi connectivity index (χ0) is 16.9. The van der Waals surface area contributed by atoms with Crippen LogP contribution in [0.1, 0.15) is 40.5 Å². The van der Waals surface area contributed by atoms with Gasteiger partial charge in [-0.15, -0.1) is 0 Å². The smallest absolute Gasteiger partial charge is 0.191 e. The summed E-state index contributed by atoms with van der Waals surface area (Å²) in [7, 11) is -1.60. The van der Waals surface area contributed by atoms with Crippen LogP contribution in [-0.2, 0) is 4.43 Å². The SMILES string of the molecule is CC(C)(C)[Si](C)(C)OCC[C@H]1[C@@H]2CCN(c3ccccc3)[C@]12C. The fourth-order valence-corrected chi connectivity index (χ4v) is 5.31. The molecule has 2 nitrogen and oxygen atoms in total. The highest BCUT2D eigenvalue weighted by Gasteiger charge is 2.67. The normalized spacial score (nSPS) is 30.4. The van der Waals surface area contributed by atoms with Crippen LogP contribution in [0.4, 0.5) is 5.69 Å². The van der Waals surface area contributed by atoms with Crippen LogP contribution in [0, 0.1) is 11.8 Å². The fraction of sp³-hybridized carbons (Fsp3) is 0.700. The van der Waals surface area contributed by atoms with Crippen LogP contribution in [0.25, 0.3) is 0 Å². The topological polar surface area (TPSA) is 12.5 Å². The number of rotatable bonds is 5. The maximum Gasteiger partial charge on any atom is 0.191 e. The number of nitrogens with zero attached hydrogens (tertiary/aromatic N) is 1. The average Bonchev–Trinajstić information content (AvgIpc) is 2.87. The van der Waals surface area contributed by atoms with E-state index in [1.807, 2.05) is 0 Å². The van der Waals surface area contributed by atoms with Gasteiger partial charge in [0.05, 0.1) is 0 Å². The van der Waals surface area contributed by atoms with E-state index in [9.17, 15) is 0 Å². The van der Waals surface area contributed by atoms with Crippen LogP contribution >= 0.6 is 0 Å². The quantitative estimate of drug-likeness (QED) is 0.678. The summed E-state index contributed by atoms with van der Waals surface area (Å²) in [5, 5.41) is 0.312. The van der Waals surface area contributed by atoms with E-state index in [-0.39, 0.29) is 0 Å². The van der Waals surface area contributed by atoms with Crippen LogP contribution in [-0.4, -0.2) is 27.0 Å². The second-order valence-corrected chi connectivity index (χ2v) is 13.9. The molecular weight excluding hydrogens is 298 g/mol. The van der Waals surface area contributed by atoms with Crippen molar-refractivity contribution in [2.75, 3.05) is 18.1 Å². The Bertz CT molecular complexity index is 551. The van der Waals surface area contributed by atoms with Gasteiger partial charge < -0.3 is 9.33 Å². The molecule has 23 heavy (non-hydrogen) atoms. The lowest BCUT2D eigenvalue weighted by Crippen LogP contribution is -2.41. The molecule has 1 aliphatic carbocycles. The highest BCUT2D eigenvalue weighted by Crippen LogP contribution is 2.63. The van der Waals surface area contributed by atoms with Gasteiger partial charge in [0.15, 0.2) is 8.32 Å². The summed E-state index contributed by atoms with van der Waals surface area (Å²) in [6, 6.07) is 10.9. The summed E-state index contributed by atoms with van der Waals surface area (Å²) in [4.78, 5) is 2.65. The van der Waals surface area contributed by atoms with Crippen molar-refractivity contribution in [1.29, 1.82) is 0 Å². The van der Waals surface area contributed by atoms with Crippen molar-refractivity contribution in [1.82, 2.24) is 0 Å². The van der Waals surface area contributed by atoms with Crippen LogP contribution in [0.2, 0.25) is 18.1 Å². The Labute approximate surface area is 143 Å². The molecule has 1 aromatic rings. The molecule has 1 heterocycles. The number of hydrogen-bond donors (Lipinski definition) is 0. The lowest BCUT2D eigenvalue weighted by molar-refractivity contribution is 0.267. The number of anilines is 1. The minimum atomic E-state index is -1.60. The van der Waals surface area contributed by atoms with Gasteiger partial charge >= 0.3 is 0 Å². The third-order valence-electron chi connectivity index (χ3n) is 6.89. The predicted octanol–water partition coefficient (Wildman–Crippen LogP) is 5.31. The summed E-state index contributed by atoms with van der Waals surface area (Å²) in [6.07, 6.45) is 2.56. The predicted molar refractivity (Wildman–Crippen MR) is 102 cm³/mol. The van der Waals surface area contributed by atoms with Crippen molar-refractivity contribution >= 4 is 14.0 Å². The molecule has 1 saturated carbocycles. The second-order valence-electron chi connectivity index (χ2n) is 9.11. The van der Waals surface area contributed by atoms with E-state index in [0.717, 1.165) is 18.4 Å². The number of fused-ring (bicyclic) bond motifs is 1. The highest BCUT2D eigenvalue weighted by molar-refractivity contribution is 6.74. The van der Waals surface area contributed by atoms with Gasteiger partial charge in [-0.25, -0.2) is 0 Å². The number of para-hydroxylation sites is 1. The van der Waals surface area contributed by atoms with Crippen LogP contribution in [0.5, 0.6) is 0 Å². The summed E-state index contributed by atoms with van der Waals surface area (Å²) in [6.45, 7) is 16.3. The van der Waals surface area contributed by atoms with Crippen molar-refractivity contribution < 1.29 is 4.43 Å². The monoisotopic (exact) mass is 331 g/mol. The lowest BCUT2D eigenvalue weighted by atomic mass is 10.1. The molecule has 0 spiro atoms. The first-order chi connectivity index (χ1) is 10.7. The molecular formula is C20H33NOSi. The molecule has 2 fully saturated rings. The van der Waals surface area contributed by atoms with Crippen molar-refractivity contribution in [2.24, 2.45) is 11.8 Å². The first-order valence-corrected chi connectivity index (χ1v) is 12.1. The summed E-state index contributed by atoms with van der Waals surface area (Å²) in [5.41, 5.74) is 1.77. The number of benzene rings is 1. The Morgan fingerprint density at radius 3 is 2.48 bits per heavy atom. The van der Waals surface area contributed by atoms with Gasteiger partial charge in [0.25, 0.3) is 0 Å². The third kappa shape index (κ3) is 2.87. The first kappa shape index (κ1) is 17.0. The van der Waals surface area contributed by atoms with Gasteiger partial charge in [0, 0.05) is 24.4 Å². The van der Waals surface area contributed by atoms with Gasteiger partial charge in [0.1, 0.15) is 0 Å². The molecule has 1 aliphatic heterocycles. The first-order valence-electron chi connectivity index (χ1n) is 9.14. The molecule has 3 atom stereocenters. The molecule has 2 aliphatic rings. The van der Waals surface area contributed by atoms with E-state index in [0.29, 0.717) is 10.6 Å². The Balaban J connectivity index is 1.58. The van der Waals surface area contributed by atoms with E-state index in [4.69, 9.17) is 4.43 Å². The number of piperidine rings is 1. The van der Waals surface area contributed by atoms with Gasteiger partial charge in [-0.2, -0.15) is 0 Å². The molecule has 0 amide bonds. The van der Waals surface area contributed by atoms with E-state index in [1.165, 1.54) is 25.1 Å². The van der Waals surface area contributed by atoms with Gasteiger partial charge in [-0.05, 0) is 61.9 Å². The standard InChI is InChI=1S/C20H33NOSi/c1-19(2,3)23(5,6)22-15-13-18-17-12-14-21(20(17,18)4)16-10-8-7-9-11-16/h7-11,17-18H,12-15H2,1-6H3/t17-,18-,20-/m0/s1. The van der Waals surface area contributed by atoms with E-state index >= 15 is 0 Å². The molecule has 1 aromatic carbocycles. The Kier molecular flexibility index (Phi) is 4.17. The molecule has 128 valence electrons. The zero-order valence-electron chi connectivity index (χ0n) is 15.7. The largest absolute Gasteiger partial charge is 0.417 e. The van der Waals surface area contributed by atoms with E-state index in [2.05, 4.69) is 76.0 Å². The maximum absolute atomic E-state index is 6.42. The summed E-state index contributed by atoms with van der Waals surface area (Å²) in [5.74, 6) is 1.67. The molecule has 0 unspecified atom stereocenters. The van der Waals surface area contributed by atoms with Crippen LogP contribution < -0.4 is 4.90 Å². The molecule has 3 heteroatoms. The maximum atomic E-state index is 6.42. The molecule has 0 aromatic heterocycles. The Morgan fingerprint density at radius 1 is 1.22 bits per heavy atom. The van der Waals surface area contributed by atoms with Crippen LogP contribution in [0.3, 0.4) is 0 Å². The van der Waals surface area contributed by atoms with Crippen molar-refractivity contribution in [2.45, 2.75) is 64.2 Å². The molecule has 0 radical (unpaired) electrons. The molecule has 3 rings (SSSR count). The van der Waals surface area contributed by atoms with Crippen molar-refractivity contribution in [3.63, 3.8) is 0 Å². The minimum absolute atomic E-state index is 0.312. The van der Waals surface area contributed by atoms with Gasteiger partial charge in [0.2, 0.25) is 0 Å². The second kappa shape index (κ2) is 5.63. The molecule has 0 bridgehead atoms. The van der Waals surface area contributed by atoms with Crippen LogP contribution in [0.15, 0.2) is 30.3 Å². The Morgan fingerprint density at radius 2 is 1.87 bits per heavy atom. The third-order valence-corrected chi connectivity index (χ3v) is 11.4. The molecule has 1 saturated heterocycles. The molecule has 0 N–H and O–H groups in total. The fourth-order valence-electron chi connectivity index (χ4n) is 4.25. The van der Waals surface area contributed by atoms with Gasteiger partial charge in [-0.3, -0.25) is 0 Å². The van der Waals surface area contributed by atoms with Crippen molar-refractivity contribution in [3.8, 4) is 0 Å². The summed E-state index contributed by atoms with van der Waals surface area (Å²) >= 11 is 0. The number of hydrogen-bond acceptors (Lipinski definition) is 2. The lowest BCUT2D eigenvalue weighted by Gasteiger charge is -2.36. The van der Waals surface area contributed by atoms with E-state index in [1.54, 1.807) is 0 Å². The van der Waals surface area contributed by atoms with E-state index < -0.39 is 8.32 Å². The zero-order valence-corrected chi connectivity index (χ0v) is 16.7. The highest BCUT2D eigenvalue weighted by atomic mass is 28.4. The van der Waals surface area contributed by atoms with Crippen molar-refractivity contribution in [3.05, 3.63) is 30.3 Å². The minimum Gasteiger partial charge on any atom is -0.417 e. The average molecular weight is 332 g/mol. The van der Waals surface area contributed by atoms with Gasteiger partial charge in [-0.1, -0.05) is 39.0 Å².